The number of hydrogen-bond donors (Lipinski definition) is 2. The lowest BCUT2D eigenvalue weighted by Crippen LogP contribution is -2.38. The normalized spacial score (nSPS) is 11.6. The molecule has 0 saturated carbocycles. The van der Waals surface area contributed by atoms with Gasteiger partial charge in [-0.2, -0.15) is 0 Å². The third-order valence-electron chi connectivity index (χ3n) is 2.25. The van der Waals surface area contributed by atoms with Gasteiger partial charge in [-0.25, -0.2) is 0 Å². The van der Waals surface area contributed by atoms with Crippen LogP contribution >= 0.6 is 0 Å². The van der Waals surface area contributed by atoms with Crippen LogP contribution < -0.4 is 10.6 Å². The van der Waals surface area contributed by atoms with Gasteiger partial charge in [-0.1, -0.05) is 0 Å². The Morgan fingerprint density at radius 2 is 1.76 bits per heavy atom. The van der Waals surface area contributed by atoms with Crippen molar-refractivity contribution >= 4 is 5.96 Å². The van der Waals surface area contributed by atoms with Gasteiger partial charge in [-0.15, -0.1) is 0 Å². The molecule has 5 nitrogen and oxygen atoms in total. The van der Waals surface area contributed by atoms with E-state index in [0.717, 1.165) is 58.1 Å². The van der Waals surface area contributed by atoms with E-state index in [4.69, 9.17) is 9.47 Å². The van der Waals surface area contributed by atoms with Gasteiger partial charge in [0.2, 0.25) is 0 Å². The fraction of sp³-hybridized carbons (Fsp3) is 0.917. The average molecular weight is 245 g/mol. The number of ether oxygens (including phenoxy) is 2. The average Bonchev–Trinajstić information content (AvgIpc) is 2.36. The molecule has 5 heteroatoms. The quantitative estimate of drug-likeness (QED) is 0.342. The zero-order valence-corrected chi connectivity index (χ0v) is 11.4. The molecule has 0 spiro atoms. The number of rotatable bonds is 10. The van der Waals surface area contributed by atoms with Crippen LogP contribution in [0.2, 0.25) is 0 Å². The van der Waals surface area contributed by atoms with Crippen LogP contribution in [0.25, 0.3) is 0 Å². The van der Waals surface area contributed by atoms with Gasteiger partial charge in [0.1, 0.15) is 0 Å². The van der Waals surface area contributed by atoms with Gasteiger partial charge >= 0.3 is 0 Å². The summed E-state index contributed by atoms with van der Waals surface area (Å²) in [5.74, 6) is 0.859. The molecule has 0 aromatic carbocycles. The molecule has 0 fully saturated rings. The zero-order valence-electron chi connectivity index (χ0n) is 11.4. The van der Waals surface area contributed by atoms with E-state index in [-0.39, 0.29) is 0 Å². The number of nitrogens with zero attached hydrogens (tertiary/aromatic N) is 1. The summed E-state index contributed by atoms with van der Waals surface area (Å²) in [7, 11) is 3.50. The Morgan fingerprint density at radius 1 is 1.06 bits per heavy atom. The minimum Gasteiger partial charge on any atom is -0.385 e. The molecule has 0 aromatic heterocycles. The van der Waals surface area contributed by atoms with Crippen LogP contribution in [-0.2, 0) is 9.47 Å². The summed E-state index contributed by atoms with van der Waals surface area (Å²) < 4.78 is 10.3. The van der Waals surface area contributed by atoms with Gasteiger partial charge in [0.05, 0.1) is 0 Å². The minimum atomic E-state index is 0.776. The Bertz CT molecular complexity index is 187. The first-order valence-electron chi connectivity index (χ1n) is 6.36. The molecule has 0 bridgehead atoms. The molecule has 0 atom stereocenters. The number of guanidine groups is 1. The van der Waals surface area contributed by atoms with Crippen LogP contribution in [-0.4, -0.2) is 53.0 Å². The van der Waals surface area contributed by atoms with Crippen LogP contribution in [0.1, 0.15) is 26.2 Å². The van der Waals surface area contributed by atoms with Crippen molar-refractivity contribution in [2.75, 3.05) is 47.1 Å². The van der Waals surface area contributed by atoms with E-state index in [1.807, 2.05) is 6.92 Å². The van der Waals surface area contributed by atoms with E-state index in [1.165, 1.54) is 0 Å². The highest BCUT2D eigenvalue weighted by Crippen LogP contribution is 1.88. The molecule has 0 saturated heterocycles. The molecule has 0 aliphatic heterocycles. The van der Waals surface area contributed by atoms with Gasteiger partial charge in [0.15, 0.2) is 5.96 Å². The van der Waals surface area contributed by atoms with E-state index in [9.17, 15) is 0 Å². The lowest BCUT2D eigenvalue weighted by molar-refractivity contribution is 0.143. The second kappa shape index (κ2) is 13.3. The van der Waals surface area contributed by atoms with E-state index < -0.39 is 0 Å². The molecule has 0 heterocycles. The van der Waals surface area contributed by atoms with Crippen molar-refractivity contribution in [1.82, 2.24) is 10.6 Å². The number of methoxy groups -OCH3 is 1. The van der Waals surface area contributed by atoms with Gasteiger partial charge in [0.25, 0.3) is 0 Å². The van der Waals surface area contributed by atoms with Crippen molar-refractivity contribution < 1.29 is 9.47 Å². The summed E-state index contributed by atoms with van der Waals surface area (Å²) in [5, 5.41) is 6.50. The molecule has 0 aliphatic carbocycles. The summed E-state index contributed by atoms with van der Waals surface area (Å²) in [6, 6.07) is 0. The molecule has 2 N–H and O–H groups in total. The van der Waals surface area contributed by atoms with Gasteiger partial charge in [-0.3, -0.25) is 4.99 Å². The topological polar surface area (TPSA) is 54.9 Å². The molecule has 17 heavy (non-hydrogen) atoms. The van der Waals surface area contributed by atoms with Crippen molar-refractivity contribution in [3.63, 3.8) is 0 Å². The Balaban J connectivity index is 3.36. The fourth-order valence-electron chi connectivity index (χ4n) is 1.32. The van der Waals surface area contributed by atoms with Crippen molar-refractivity contribution in [3.8, 4) is 0 Å². The first-order chi connectivity index (χ1) is 8.35. The predicted octanol–water partition coefficient (Wildman–Crippen LogP) is 1.00. The molecule has 0 aliphatic rings. The van der Waals surface area contributed by atoms with Crippen molar-refractivity contribution in [1.29, 1.82) is 0 Å². The van der Waals surface area contributed by atoms with Gasteiger partial charge in [-0.05, 0) is 26.2 Å². The molecule has 0 amide bonds. The smallest absolute Gasteiger partial charge is 0.190 e. The summed E-state index contributed by atoms with van der Waals surface area (Å²) in [5.41, 5.74) is 0. The number of nitrogens with one attached hydrogen (secondary N) is 2. The Kier molecular flexibility index (Phi) is 12.6. The second-order valence-electron chi connectivity index (χ2n) is 3.68. The predicted molar refractivity (Wildman–Crippen MR) is 71.6 cm³/mol. The number of hydrogen-bond acceptors (Lipinski definition) is 3. The molecule has 0 unspecified atom stereocenters. The van der Waals surface area contributed by atoms with Gasteiger partial charge < -0.3 is 20.1 Å². The molecule has 0 radical (unpaired) electrons. The maximum absolute atomic E-state index is 5.27. The molecule has 0 aromatic rings. The number of aliphatic imine (C=N–C) groups is 1. The first-order valence-corrected chi connectivity index (χ1v) is 6.36. The monoisotopic (exact) mass is 245 g/mol. The SMILES string of the molecule is CCOCCCCNC(=NC)NCCCOC. The van der Waals surface area contributed by atoms with Crippen LogP contribution in [0.5, 0.6) is 0 Å². The Labute approximate surface area is 105 Å². The molecular formula is C12H27N3O2. The van der Waals surface area contributed by atoms with Crippen molar-refractivity contribution in [2.24, 2.45) is 4.99 Å². The fourth-order valence-corrected chi connectivity index (χ4v) is 1.32. The van der Waals surface area contributed by atoms with Crippen LogP contribution in [0.15, 0.2) is 4.99 Å². The largest absolute Gasteiger partial charge is 0.385 e. The van der Waals surface area contributed by atoms with E-state index in [2.05, 4.69) is 15.6 Å². The third kappa shape index (κ3) is 11.5. The summed E-state index contributed by atoms with van der Waals surface area (Å²) in [6.45, 7) is 6.25. The highest BCUT2D eigenvalue weighted by molar-refractivity contribution is 5.79. The maximum Gasteiger partial charge on any atom is 0.190 e. The van der Waals surface area contributed by atoms with E-state index >= 15 is 0 Å². The molecule has 102 valence electrons. The molecular weight excluding hydrogens is 218 g/mol. The van der Waals surface area contributed by atoms with Gasteiger partial charge in [0, 0.05) is 47.1 Å². The second-order valence-corrected chi connectivity index (χ2v) is 3.68. The standard InChI is InChI=1S/C12H27N3O2/c1-4-17-11-6-5-8-14-12(13-2)15-9-7-10-16-3/h4-11H2,1-3H3,(H2,13,14,15). The highest BCUT2D eigenvalue weighted by atomic mass is 16.5. The van der Waals surface area contributed by atoms with E-state index in [0.29, 0.717) is 0 Å². The third-order valence-corrected chi connectivity index (χ3v) is 2.25. The van der Waals surface area contributed by atoms with Crippen molar-refractivity contribution in [3.05, 3.63) is 0 Å². The highest BCUT2D eigenvalue weighted by Gasteiger charge is 1.96. The zero-order chi connectivity index (χ0) is 12.8. The van der Waals surface area contributed by atoms with Crippen molar-refractivity contribution in [2.45, 2.75) is 26.2 Å². The maximum atomic E-state index is 5.27. The lowest BCUT2D eigenvalue weighted by atomic mass is 10.3. The summed E-state index contributed by atoms with van der Waals surface area (Å²) >= 11 is 0. The molecule has 0 rings (SSSR count). The lowest BCUT2D eigenvalue weighted by Gasteiger charge is -2.11. The summed E-state index contributed by atoms with van der Waals surface area (Å²) in [4.78, 5) is 4.14. The van der Waals surface area contributed by atoms with E-state index in [1.54, 1.807) is 14.2 Å². The minimum absolute atomic E-state index is 0.776. The summed E-state index contributed by atoms with van der Waals surface area (Å²) in [6.07, 6.45) is 3.17. The van der Waals surface area contributed by atoms with Crippen LogP contribution in [0.3, 0.4) is 0 Å². The number of unbranched alkanes of at least 4 members (excludes halogenated alkanes) is 1. The Morgan fingerprint density at radius 3 is 2.35 bits per heavy atom. The van der Waals surface area contributed by atoms with Crippen LogP contribution in [0, 0.1) is 0 Å². The van der Waals surface area contributed by atoms with Crippen LogP contribution in [0.4, 0.5) is 0 Å². The first kappa shape index (κ1) is 16.2. The Hall–Kier alpha value is -0.810.